The van der Waals surface area contributed by atoms with Crippen LogP contribution in [0, 0.1) is 40.4 Å². The highest BCUT2D eigenvalue weighted by Gasteiger charge is 2.59. The number of amides is 2. The van der Waals surface area contributed by atoms with Crippen molar-refractivity contribution in [2.45, 2.75) is 96.1 Å². The zero-order valence-corrected chi connectivity index (χ0v) is 18.5. The third kappa shape index (κ3) is 2.91. The van der Waals surface area contributed by atoms with Crippen LogP contribution in [0.3, 0.4) is 0 Å². The summed E-state index contributed by atoms with van der Waals surface area (Å²) < 4.78 is 0. The molecule has 4 heteroatoms. The van der Waals surface area contributed by atoms with Crippen LogP contribution < -0.4 is 5.32 Å². The Morgan fingerprint density at radius 2 is 1.71 bits per heavy atom. The number of hydrogen-bond acceptors (Lipinski definition) is 3. The minimum atomic E-state index is -0.150. The van der Waals surface area contributed by atoms with Gasteiger partial charge in [-0.25, -0.2) is 0 Å². The maximum atomic E-state index is 12.0. The average Bonchev–Trinajstić information content (AvgIpc) is 3.17. The molecule has 1 heterocycles. The summed E-state index contributed by atoms with van der Waals surface area (Å²) in [6, 6.07) is 0. The van der Waals surface area contributed by atoms with Crippen LogP contribution in [-0.2, 0) is 4.79 Å². The lowest BCUT2D eigenvalue weighted by molar-refractivity contribution is -0.119. The van der Waals surface area contributed by atoms with E-state index in [-0.39, 0.29) is 16.4 Å². The second kappa shape index (κ2) is 7.03. The minimum Gasteiger partial charge on any atom is -0.286 e. The number of imide groups is 1. The molecule has 0 spiro atoms. The van der Waals surface area contributed by atoms with E-state index in [0.29, 0.717) is 10.8 Å². The molecule has 0 bridgehead atoms. The normalized spacial score (nSPS) is 50.6. The summed E-state index contributed by atoms with van der Waals surface area (Å²) in [6.45, 7) is 5.25. The molecule has 8 atom stereocenters. The summed E-state index contributed by atoms with van der Waals surface area (Å²) in [5, 5.41) is 2.18. The van der Waals surface area contributed by atoms with Gasteiger partial charge in [0.25, 0.3) is 5.24 Å². The fraction of sp³-hybridized carbons (Fsp3) is 0.917. The van der Waals surface area contributed by atoms with Crippen molar-refractivity contribution >= 4 is 22.9 Å². The quantitative estimate of drug-likeness (QED) is 0.613. The molecular formula is C24H37NO2S. The van der Waals surface area contributed by atoms with Crippen molar-refractivity contribution in [2.24, 2.45) is 40.4 Å². The molecule has 8 unspecified atom stereocenters. The number of carbonyl (C=O) groups is 2. The third-order valence-electron chi connectivity index (χ3n) is 10.3. The largest absolute Gasteiger partial charge is 0.286 e. The summed E-state index contributed by atoms with van der Waals surface area (Å²) in [5.74, 6) is 4.52. The number of hydrogen-bond donors (Lipinski definition) is 1. The number of nitrogens with one attached hydrogen (secondary N) is 1. The summed E-state index contributed by atoms with van der Waals surface area (Å²) in [6.07, 6.45) is 16.5. The fourth-order valence-corrected chi connectivity index (χ4v) is 9.65. The van der Waals surface area contributed by atoms with Crippen LogP contribution in [-0.4, -0.2) is 16.4 Å². The molecule has 3 nitrogen and oxygen atoms in total. The number of rotatable bonds is 3. The van der Waals surface area contributed by atoms with E-state index in [0.717, 1.165) is 42.4 Å². The number of thioether (sulfide) groups is 1. The Hall–Kier alpha value is -0.510. The lowest BCUT2D eigenvalue weighted by Gasteiger charge is -2.60. The molecule has 5 fully saturated rings. The van der Waals surface area contributed by atoms with Gasteiger partial charge in [0.05, 0.1) is 5.25 Å². The molecule has 4 saturated carbocycles. The van der Waals surface area contributed by atoms with Gasteiger partial charge in [-0.1, -0.05) is 38.5 Å². The first-order valence-electron chi connectivity index (χ1n) is 11.9. The van der Waals surface area contributed by atoms with Gasteiger partial charge in [-0.05, 0) is 105 Å². The van der Waals surface area contributed by atoms with Gasteiger partial charge in [-0.15, -0.1) is 0 Å². The SMILES string of the molecule is CC12CCCCC1CCC1C2CCC2(C)C(CCC3SC(=O)NC3=O)CCC12. The lowest BCUT2D eigenvalue weighted by Crippen LogP contribution is -2.52. The van der Waals surface area contributed by atoms with E-state index in [2.05, 4.69) is 19.2 Å². The van der Waals surface area contributed by atoms with E-state index in [9.17, 15) is 9.59 Å². The van der Waals surface area contributed by atoms with E-state index in [1.54, 1.807) is 0 Å². The maximum Gasteiger partial charge on any atom is 0.286 e. The molecule has 0 aromatic carbocycles. The van der Waals surface area contributed by atoms with Gasteiger partial charge >= 0.3 is 0 Å². The second-order valence-electron chi connectivity index (χ2n) is 11.2. The monoisotopic (exact) mass is 403 g/mol. The van der Waals surface area contributed by atoms with Crippen molar-refractivity contribution < 1.29 is 9.59 Å². The van der Waals surface area contributed by atoms with Crippen LogP contribution >= 0.6 is 11.8 Å². The van der Waals surface area contributed by atoms with Crippen LogP contribution in [0.5, 0.6) is 0 Å². The molecule has 156 valence electrons. The first-order valence-corrected chi connectivity index (χ1v) is 12.8. The van der Waals surface area contributed by atoms with E-state index in [1.165, 1.54) is 76.0 Å². The highest BCUT2D eigenvalue weighted by molar-refractivity contribution is 8.15. The molecular weight excluding hydrogens is 366 g/mol. The smallest absolute Gasteiger partial charge is 0.286 e. The zero-order chi connectivity index (χ0) is 19.5. The Bertz CT molecular complexity index is 665. The van der Waals surface area contributed by atoms with Gasteiger partial charge in [-0.2, -0.15) is 0 Å². The Balaban J connectivity index is 1.29. The Morgan fingerprint density at radius 1 is 0.893 bits per heavy atom. The van der Waals surface area contributed by atoms with Gasteiger partial charge in [0.2, 0.25) is 5.91 Å². The summed E-state index contributed by atoms with van der Waals surface area (Å²) >= 11 is 1.22. The molecule has 5 rings (SSSR count). The van der Waals surface area contributed by atoms with Crippen molar-refractivity contribution in [1.29, 1.82) is 0 Å². The van der Waals surface area contributed by atoms with Crippen molar-refractivity contribution in [3.05, 3.63) is 0 Å². The standard InChI is InChI=1S/C24H37NO2S/c1-23-13-4-3-5-15(23)6-9-17-18-10-7-16(24(18,2)14-12-19(17)23)8-11-20-21(26)25-22(27)28-20/h15-20H,3-14H2,1-2H3,(H,25,26,27). The molecule has 2 amide bonds. The van der Waals surface area contributed by atoms with E-state index in [4.69, 9.17) is 0 Å². The topological polar surface area (TPSA) is 46.2 Å². The minimum absolute atomic E-state index is 0.0537. The van der Waals surface area contributed by atoms with E-state index in [1.807, 2.05) is 0 Å². The molecule has 28 heavy (non-hydrogen) atoms. The first kappa shape index (κ1) is 19.5. The van der Waals surface area contributed by atoms with Crippen LogP contribution in [0.15, 0.2) is 0 Å². The molecule has 0 radical (unpaired) electrons. The molecule has 1 N–H and O–H groups in total. The summed E-state index contributed by atoms with van der Waals surface area (Å²) in [4.78, 5) is 23.4. The zero-order valence-electron chi connectivity index (χ0n) is 17.7. The van der Waals surface area contributed by atoms with Crippen LogP contribution in [0.25, 0.3) is 0 Å². The van der Waals surface area contributed by atoms with Gasteiger partial charge in [0, 0.05) is 0 Å². The predicted molar refractivity (Wildman–Crippen MR) is 114 cm³/mol. The van der Waals surface area contributed by atoms with Crippen molar-refractivity contribution in [3.8, 4) is 0 Å². The molecule has 0 aromatic rings. The van der Waals surface area contributed by atoms with Crippen molar-refractivity contribution in [2.75, 3.05) is 0 Å². The molecule has 1 aliphatic heterocycles. The molecule has 1 saturated heterocycles. The van der Waals surface area contributed by atoms with E-state index >= 15 is 0 Å². The van der Waals surface area contributed by atoms with Crippen LogP contribution in [0.1, 0.15) is 90.9 Å². The predicted octanol–water partition coefficient (Wildman–Crippen LogP) is 6.17. The van der Waals surface area contributed by atoms with Crippen LogP contribution in [0.2, 0.25) is 0 Å². The highest BCUT2D eigenvalue weighted by Crippen LogP contribution is 2.67. The molecule has 0 aromatic heterocycles. The fourth-order valence-electron chi connectivity index (χ4n) is 8.81. The van der Waals surface area contributed by atoms with E-state index < -0.39 is 0 Å². The average molecular weight is 404 g/mol. The van der Waals surface area contributed by atoms with Gasteiger partial charge < -0.3 is 0 Å². The third-order valence-corrected chi connectivity index (χ3v) is 11.4. The number of carbonyl (C=O) groups excluding carboxylic acids is 2. The maximum absolute atomic E-state index is 12.0. The van der Waals surface area contributed by atoms with Gasteiger partial charge in [0.1, 0.15) is 0 Å². The van der Waals surface area contributed by atoms with Crippen LogP contribution in [0.4, 0.5) is 4.79 Å². The lowest BCUT2D eigenvalue weighted by atomic mass is 9.45. The second-order valence-corrected chi connectivity index (χ2v) is 12.4. The Morgan fingerprint density at radius 3 is 2.50 bits per heavy atom. The molecule has 4 aliphatic carbocycles. The Labute approximate surface area is 174 Å². The molecule has 5 aliphatic rings. The Kier molecular flexibility index (Phi) is 4.88. The van der Waals surface area contributed by atoms with Gasteiger partial charge in [0.15, 0.2) is 0 Å². The number of fused-ring (bicyclic) bond motifs is 5. The summed E-state index contributed by atoms with van der Waals surface area (Å²) in [5.41, 5.74) is 1.10. The van der Waals surface area contributed by atoms with Crippen molar-refractivity contribution in [3.63, 3.8) is 0 Å². The first-order chi connectivity index (χ1) is 13.4. The van der Waals surface area contributed by atoms with Crippen molar-refractivity contribution in [1.82, 2.24) is 5.32 Å². The highest BCUT2D eigenvalue weighted by atomic mass is 32.2. The summed E-state index contributed by atoms with van der Waals surface area (Å²) in [7, 11) is 0. The van der Waals surface area contributed by atoms with Gasteiger partial charge in [-0.3, -0.25) is 14.9 Å².